The summed E-state index contributed by atoms with van der Waals surface area (Å²) in [7, 11) is 1.60. The number of hydrogen-bond acceptors (Lipinski definition) is 3. The number of aromatic nitrogens is 2. The Bertz CT molecular complexity index is 848. The first-order chi connectivity index (χ1) is 10.7. The van der Waals surface area contributed by atoms with E-state index < -0.39 is 5.91 Å². The molecule has 0 atom stereocenters. The number of fused-ring (bicyclic) bond motifs is 1. The topological polar surface area (TPSA) is 81.0 Å². The summed E-state index contributed by atoms with van der Waals surface area (Å²) in [5.74, 6) is 0.243. The maximum atomic E-state index is 11.8. The highest BCUT2D eigenvalue weighted by Crippen LogP contribution is 2.24. The zero-order valence-corrected chi connectivity index (χ0v) is 12.0. The van der Waals surface area contributed by atoms with Crippen LogP contribution in [-0.2, 0) is 4.79 Å². The number of nitrogens with two attached hydrogens (primary N) is 1. The molecule has 1 aromatic carbocycles. The first-order valence-electron chi connectivity index (χ1n) is 6.77. The predicted molar refractivity (Wildman–Crippen MR) is 86.2 cm³/mol. The Hall–Kier alpha value is -3.08. The SMILES string of the molecule is COc1ccc(C(=Cc2c[nH]c3ncccc23)C(N)=O)cc1. The molecule has 0 fully saturated rings. The van der Waals surface area contributed by atoms with E-state index in [1.54, 1.807) is 31.5 Å². The molecule has 0 aliphatic rings. The van der Waals surface area contributed by atoms with Gasteiger partial charge < -0.3 is 15.5 Å². The molecule has 110 valence electrons. The first-order valence-corrected chi connectivity index (χ1v) is 6.77. The van der Waals surface area contributed by atoms with Crippen LogP contribution in [0.5, 0.6) is 5.75 Å². The number of carbonyl (C=O) groups is 1. The van der Waals surface area contributed by atoms with Gasteiger partial charge in [0, 0.05) is 28.9 Å². The highest BCUT2D eigenvalue weighted by Gasteiger charge is 2.10. The van der Waals surface area contributed by atoms with Crippen LogP contribution in [0, 0.1) is 0 Å². The van der Waals surface area contributed by atoms with Gasteiger partial charge in [-0.15, -0.1) is 0 Å². The van der Waals surface area contributed by atoms with Crippen molar-refractivity contribution in [2.24, 2.45) is 5.73 Å². The predicted octanol–water partition coefficient (Wildman–Crippen LogP) is 2.60. The molecule has 5 nitrogen and oxygen atoms in total. The normalized spacial score (nSPS) is 11.6. The molecule has 0 radical (unpaired) electrons. The van der Waals surface area contributed by atoms with Crippen LogP contribution < -0.4 is 10.5 Å². The van der Waals surface area contributed by atoms with Crippen molar-refractivity contribution in [3.63, 3.8) is 0 Å². The summed E-state index contributed by atoms with van der Waals surface area (Å²) in [6.45, 7) is 0. The van der Waals surface area contributed by atoms with Crippen molar-refractivity contribution in [1.82, 2.24) is 9.97 Å². The summed E-state index contributed by atoms with van der Waals surface area (Å²) in [4.78, 5) is 19.1. The number of ether oxygens (including phenoxy) is 1. The number of benzene rings is 1. The van der Waals surface area contributed by atoms with E-state index in [2.05, 4.69) is 9.97 Å². The van der Waals surface area contributed by atoms with Gasteiger partial charge >= 0.3 is 0 Å². The molecule has 3 rings (SSSR count). The highest BCUT2D eigenvalue weighted by molar-refractivity contribution is 6.24. The van der Waals surface area contributed by atoms with Gasteiger partial charge in [0.15, 0.2) is 0 Å². The third kappa shape index (κ3) is 2.56. The molecule has 3 N–H and O–H groups in total. The van der Waals surface area contributed by atoms with Gasteiger partial charge in [-0.2, -0.15) is 0 Å². The molecule has 0 bridgehead atoms. The molecule has 0 aliphatic heterocycles. The second-order valence-electron chi connectivity index (χ2n) is 4.79. The van der Waals surface area contributed by atoms with Crippen molar-refractivity contribution < 1.29 is 9.53 Å². The minimum Gasteiger partial charge on any atom is -0.497 e. The van der Waals surface area contributed by atoms with Crippen LogP contribution in [0.2, 0.25) is 0 Å². The standard InChI is InChI=1S/C17H15N3O2/c1-22-13-6-4-11(5-7-13)15(16(18)21)9-12-10-20-17-14(12)3-2-8-19-17/h2-10H,1H3,(H2,18,21)(H,19,20). The lowest BCUT2D eigenvalue weighted by Crippen LogP contribution is -2.12. The summed E-state index contributed by atoms with van der Waals surface area (Å²) in [6, 6.07) is 11.0. The number of H-pyrrole nitrogens is 1. The number of aromatic amines is 1. The van der Waals surface area contributed by atoms with Gasteiger partial charge in [-0.1, -0.05) is 12.1 Å². The largest absolute Gasteiger partial charge is 0.497 e. The summed E-state index contributed by atoms with van der Waals surface area (Å²) in [6.07, 6.45) is 5.29. The van der Waals surface area contributed by atoms with Crippen molar-refractivity contribution in [2.75, 3.05) is 7.11 Å². The minimum absolute atomic E-state index is 0.437. The molecule has 1 amide bonds. The average molecular weight is 293 g/mol. The minimum atomic E-state index is -0.483. The zero-order valence-electron chi connectivity index (χ0n) is 12.0. The van der Waals surface area contributed by atoms with Crippen molar-refractivity contribution in [1.29, 1.82) is 0 Å². The molecule has 2 heterocycles. The van der Waals surface area contributed by atoms with Crippen molar-refractivity contribution >= 4 is 28.6 Å². The quantitative estimate of drug-likeness (QED) is 0.725. The maximum absolute atomic E-state index is 11.8. The van der Waals surface area contributed by atoms with E-state index in [1.807, 2.05) is 30.5 Å². The van der Waals surface area contributed by atoms with Crippen LogP contribution >= 0.6 is 0 Å². The summed E-state index contributed by atoms with van der Waals surface area (Å²) in [5.41, 5.74) is 8.35. The lowest BCUT2D eigenvalue weighted by Gasteiger charge is -2.05. The third-order valence-corrected chi connectivity index (χ3v) is 3.45. The zero-order chi connectivity index (χ0) is 15.5. The average Bonchev–Trinajstić information content (AvgIpc) is 2.95. The molecular weight excluding hydrogens is 278 g/mol. The third-order valence-electron chi connectivity index (χ3n) is 3.45. The van der Waals surface area contributed by atoms with Gasteiger partial charge in [-0.25, -0.2) is 4.98 Å². The van der Waals surface area contributed by atoms with E-state index in [0.29, 0.717) is 5.57 Å². The molecule has 0 saturated carbocycles. The number of hydrogen-bond donors (Lipinski definition) is 2. The molecule has 2 aromatic heterocycles. The number of carbonyl (C=O) groups excluding carboxylic acids is 1. The molecule has 0 spiro atoms. The van der Waals surface area contributed by atoms with Gasteiger partial charge in [0.2, 0.25) is 5.91 Å². The smallest absolute Gasteiger partial charge is 0.249 e. The number of methoxy groups -OCH3 is 1. The lowest BCUT2D eigenvalue weighted by atomic mass is 10.0. The fourth-order valence-corrected chi connectivity index (χ4v) is 2.32. The van der Waals surface area contributed by atoms with Gasteiger partial charge in [-0.05, 0) is 35.9 Å². The van der Waals surface area contributed by atoms with E-state index in [0.717, 1.165) is 27.9 Å². The maximum Gasteiger partial charge on any atom is 0.249 e. The molecule has 0 aliphatic carbocycles. The molecule has 0 saturated heterocycles. The van der Waals surface area contributed by atoms with Crippen LogP contribution in [0.3, 0.4) is 0 Å². The van der Waals surface area contributed by atoms with Gasteiger partial charge in [0.1, 0.15) is 11.4 Å². The monoisotopic (exact) mass is 293 g/mol. The van der Waals surface area contributed by atoms with Crippen molar-refractivity contribution in [3.8, 4) is 5.75 Å². The molecule has 5 heteroatoms. The molecule has 3 aromatic rings. The summed E-state index contributed by atoms with van der Waals surface area (Å²) in [5, 5.41) is 0.940. The van der Waals surface area contributed by atoms with Crippen LogP contribution in [-0.4, -0.2) is 23.0 Å². The van der Waals surface area contributed by atoms with Crippen LogP contribution in [0.4, 0.5) is 0 Å². The number of primary amides is 1. The Morgan fingerprint density at radius 1 is 1.27 bits per heavy atom. The summed E-state index contributed by atoms with van der Waals surface area (Å²) >= 11 is 0. The Morgan fingerprint density at radius 3 is 2.73 bits per heavy atom. The van der Waals surface area contributed by atoms with E-state index >= 15 is 0 Å². The van der Waals surface area contributed by atoms with Crippen molar-refractivity contribution in [3.05, 3.63) is 59.9 Å². The number of pyridine rings is 1. The molecule has 22 heavy (non-hydrogen) atoms. The lowest BCUT2D eigenvalue weighted by molar-refractivity contribution is -0.112. The van der Waals surface area contributed by atoms with Crippen LogP contribution in [0.25, 0.3) is 22.7 Å². The van der Waals surface area contributed by atoms with Crippen LogP contribution in [0.1, 0.15) is 11.1 Å². The van der Waals surface area contributed by atoms with E-state index in [4.69, 9.17) is 10.5 Å². The Labute approximate surface area is 127 Å². The highest BCUT2D eigenvalue weighted by atomic mass is 16.5. The van der Waals surface area contributed by atoms with Crippen LogP contribution in [0.15, 0.2) is 48.8 Å². The molecular formula is C17H15N3O2. The second-order valence-corrected chi connectivity index (χ2v) is 4.79. The van der Waals surface area contributed by atoms with Crippen molar-refractivity contribution in [2.45, 2.75) is 0 Å². The van der Waals surface area contributed by atoms with E-state index in [-0.39, 0.29) is 0 Å². The number of rotatable bonds is 4. The first kappa shape index (κ1) is 13.9. The van der Waals surface area contributed by atoms with Gasteiger partial charge in [0.25, 0.3) is 0 Å². The Morgan fingerprint density at radius 2 is 2.05 bits per heavy atom. The van der Waals surface area contributed by atoms with E-state index in [1.165, 1.54) is 0 Å². The number of amides is 1. The number of nitrogens with one attached hydrogen (secondary N) is 1. The second kappa shape index (κ2) is 5.73. The Balaban J connectivity index is 2.08. The summed E-state index contributed by atoms with van der Waals surface area (Å²) < 4.78 is 5.12. The van der Waals surface area contributed by atoms with Gasteiger partial charge in [0.05, 0.1) is 7.11 Å². The fourth-order valence-electron chi connectivity index (χ4n) is 2.32. The Kier molecular flexibility index (Phi) is 3.62. The number of nitrogens with zero attached hydrogens (tertiary/aromatic N) is 1. The van der Waals surface area contributed by atoms with Gasteiger partial charge in [-0.3, -0.25) is 4.79 Å². The fraction of sp³-hybridized carbons (Fsp3) is 0.0588. The van der Waals surface area contributed by atoms with E-state index in [9.17, 15) is 4.79 Å². The molecule has 0 unspecified atom stereocenters.